The van der Waals surface area contributed by atoms with Gasteiger partial charge in [-0.1, -0.05) is 30.4 Å². The van der Waals surface area contributed by atoms with Crippen molar-refractivity contribution in [1.29, 1.82) is 5.26 Å². The number of carbonyl (C=O) groups is 3. The van der Waals surface area contributed by atoms with Crippen LogP contribution >= 0.6 is 24.0 Å². The Bertz CT molecular complexity index is 1270. The number of carbonyl (C=O) groups excluding carboxylic acids is 2. The number of hydrogen-bond donors (Lipinski definition) is 1. The molecule has 1 unspecified atom stereocenters. The fourth-order valence-electron chi connectivity index (χ4n) is 4.76. The number of anilines is 1. The molecule has 0 aliphatic carbocycles. The number of piperidine rings is 1. The zero-order chi connectivity index (χ0) is 28.0. The van der Waals surface area contributed by atoms with Gasteiger partial charge in [0, 0.05) is 38.7 Å². The predicted molar refractivity (Wildman–Crippen MR) is 149 cm³/mol. The maximum Gasteiger partial charge on any atom is 0.310 e. The van der Waals surface area contributed by atoms with E-state index < -0.39 is 11.5 Å². The van der Waals surface area contributed by atoms with Gasteiger partial charge < -0.3 is 14.7 Å². The van der Waals surface area contributed by atoms with Crippen LogP contribution in [0.3, 0.4) is 0 Å². The van der Waals surface area contributed by atoms with Crippen LogP contribution in [0.5, 0.6) is 0 Å². The number of esters is 1. The number of hydrogen-bond acceptors (Lipinski definition) is 9. The molecule has 0 saturated carbocycles. The Morgan fingerprint density at radius 2 is 2.03 bits per heavy atom. The van der Waals surface area contributed by atoms with Crippen molar-refractivity contribution >= 4 is 58.0 Å². The molecule has 2 aliphatic heterocycles. The first-order chi connectivity index (χ1) is 18.1. The molecule has 1 amide bonds. The average Bonchev–Trinajstić information content (AvgIpc) is 3.15. The van der Waals surface area contributed by atoms with Crippen LogP contribution in [-0.4, -0.2) is 63.0 Å². The second kappa shape index (κ2) is 13.1. The number of carboxylic acid groups (broad SMARTS) is 1. The standard InChI is InChI=1S/C26H32N4O6S2/c1-4-36-25(35)17-9-8-11-29(15-17)22-18(16(2)19(14-27)23(33)28(22)3)13-20-24(34)30(26(37)38-20)12-7-5-6-10-21(31)32/h13,17H,4-12,15H2,1-3H3,(H,31,32). The van der Waals surface area contributed by atoms with Crippen molar-refractivity contribution < 1.29 is 24.2 Å². The van der Waals surface area contributed by atoms with E-state index in [0.29, 0.717) is 71.5 Å². The molecule has 0 radical (unpaired) electrons. The molecule has 1 N–H and O–H groups in total. The van der Waals surface area contributed by atoms with Crippen LogP contribution < -0.4 is 10.5 Å². The molecule has 204 valence electrons. The average molecular weight is 561 g/mol. The van der Waals surface area contributed by atoms with Gasteiger partial charge in [-0.05, 0) is 51.2 Å². The largest absolute Gasteiger partial charge is 0.481 e. The van der Waals surface area contributed by atoms with Gasteiger partial charge in [0.15, 0.2) is 0 Å². The second-order valence-corrected chi connectivity index (χ2v) is 11.0. The lowest BCUT2D eigenvalue weighted by atomic mass is 9.96. The lowest BCUT2D eigenvalue weighted by Gasteiger charge is -2.35. The van der Waals surface area contributed by atoms with Crippen LogP contribution in [0.25, 0.3) is 6.08 Å². The van der Waals surface area contributed by atoms with E-state index in [1.807, 2.05) is 11.0 Å². The Balaban J connectivity index is 1.95. The molecule has 1 aromatic heterocycles. The molecule has 2 aliphatic rings. The summed E-state index contributed by atoms with van der Waals surface area (Å²) in [5.74, 6) is -1.19. The summed E-state index contributed by atoms with van der Waals surface area (Å²) in [5.41, 5.74) is 0.581. The van der Waals surface area contributed by atoms with Crippen molar-refractivity contribution in [3.8, 4) is 6.07 Å². The maximum atomic E-state index is 13.3. The van der Waals surface area contributed by atoms with Gasteiger partial charge >= 0.3 is 11.9 Å². The second-order valence-electron chi connectivity index (χ2n) is 9.29. The monoisotopic (exact) mass is 560 g/mol. The Kier molecular flexibility index (Phi) is 10.1. The molecule has 10 nitrogen and oxygen atoms in total. The van der Waals surface area contributed by atoms with Crippen molar-refractivity contribution in [3.05, 3.63) is 31.9 Å². The van der Waals surface area contributed by atoms with Gasteiger partial charge in [-0.15, -0.1) is 0 Å². The number of unbranched alkanes of at least 4 members (excludes halogenated alkanes) is 2. The number of pyridine rings is 1. The summed E-state index contributed by atoms with van der Waals surface area (Å²) in [7, 11) is 1.59. The number of nitrogens with zero attached hydrogens (tertiary/aromatic N) is 4. The van der Waals surface area contributed by atoms with Crippen molar-refractivity contribution in [2.45, 2.75) is 52.4 Å². The maximum absolute atomic E-state index is 13.3. The third-order valence-electron chi connectivity index (χ3n) is 6.73. The van der Waals surface area contributed by atoms with Crippen LogP contribution in [0, 0.1) is 24.2 Å². The third-order valence-corrected chi connectivity index (χ3v) is 8.11. The zero-order valence-corrected chi connectivity index (χ0v) is 23.5. The Morgan fingerprint density at radius 1 is 1.29 bits per heavy atom. The van der Waals surface area contributed by atoms with Gasteiger partial charge in [0.05, 0.1) is 17.4 Å². The van der Waals surface area contributed by atoms with E-state index in [1.54, 1.807) is 27.0 Å². The van der Waals surface area contributed by atoms with Gasteiger partial charge in [-0.2, -0.15) is 5.26 Å². The quantitative estimate of drug-likeness (QED) is 0.197. The van der Waals surface area contributed by atoms with E-state index in [1.165, 1.54) is 9.47 Å². The highest BCUT2D eigenvalue weighted by atomic mass is 32.2. The highest BCUT2D eigenvalue weighted by molar-refractivity contribution is 8.26. The van der Waals surface area contributed by atoms with E-state index in [2.05, 4.69) is 0 Å². The third kappa shape index (κ3) is 6.45. The van der Waals surface area contributed by atoms with Crippen molar-refractivity contribution in [2.24, 2.45) is 13.0 Å². The number of aliphatic carboxylic acids is 1. The number of ether oxygens (including phenoxy) is 1. The molecule has 0 spiro atoms. The highest BCUT2D eigenvalue weighted by Crippen LogP contribution is 2.36. The minimum atomic E-state index is -0.846. The molecule has 1 atom stereocenters. The molecular weight excluding hydrogens is 528 g/mol. The Hall–Kier alpha value is -3.17. The number of nitriles is 1. The van der Waals surface area contributed by atoms with Crippen LogP contribution in [0.4, 0.5) is 5.82 Å². The molecule has 2 saturated heterocycles. The molecular formula is C26H32N4O6S2. The van der Waals surface area contributed by atoms with Gasteiger partial charge in [-0.3, -0.25) is 28.6 Å². The van der Waals surface area contributed by atoms with Gasteiger partial charge in [0.25, 0.3) is 11.5 Å². The van der Waals surface area contributed by atoms with Crippen molar-refractivity contribution in [2.75, 3.05) is 31.1 Å². The summed E-state index contributed by atoms with van der Waals surface area (Å²) < 4.78 is 7.05. The fourth-order valence-corrected chi connectivity index (χ4v) is 6.05. The SMILES string of the molecule is CCOC(=O)C1CCCN(c2c(C=C3SC(=S)N(CCCCCC(=O)O)C3=O)c(C)c(C#N)c(=O)n2C)C1. The van der Waals surface area contributed by atoms with Crippen LogP contribution in [-0.2, 0) is 26.2 Å². The molecule has 0 aromatic carbocycles. The number of thiocarbonyl (C=S) groups is 1. The van der Waals surface area contributed by atoms with E-state index >= 15 is 0 Å². The van der Waals surface area contributed by atoms with Crippen molar-refractivity contribution in [3.63, 3.8) is 0 Å². The lowest BCUT2D eigenvalue weighted by molar-refractivity contribution is -0.148. The van der Waals surface area contributed by atoms with Gasteiger partial charge in [-0.25, -0.2) is 0 Å². The number of aromatic nitrogens is 1. The molecule has 3 heterocycles. The minimum Gasteiger partial charge on any atom is -0.481 e. The Labute approximate surface area is 231 Å². The van der Waals surface area contributed by atoms with Crippen LogP contribution in [0.1, 0.15) is 62.1 Å². The first-order valence-electron chi connectivity index (χ1n) is 12.6. The zero-order valence-electron chi connectivity index (χ0n) is 21.8. The number of rotatable bonds is 10. The van der Waals surface area contributed by atoms with E-state index in [4.69, 9.17) is 22.1 Å². The lowest BCUT2D eigenvalue weighted by Crippen LogP contribution is -2.42. The molecule has 38 heavy (non-hydrogen) atoms. The van der Waals surface area contributed by atoms with Gasteiger partial charge in [0.2, 0.25) is 0 Å². The molecule has 2 fully saturated rings. The van der Waals surface area contributed by atoms with Crippen molar-refractivity contribution in [1.82, 2.24) is 9.47 Å². The summed E-state index contributed by atoms with van der Waals surface area (Å²) in [5, 5.41) is 18.5. The molecule has 0 bridgehead atoms. The number of carboxylic acids is 1. The smallest absolute Gasteiger partial charge is 0.310 e. The predicted octanol–water partition coefficient (Wildman–Crippen LogP) is 3.19. The molecule has 12 heteroatoms. The molecule has 3 rings (SSSR count). The van der Waals surface area contributed by atoms with Crippen LogP contribution in [0.2, 0.25) is 0 Å². The molecule has 1 aromatic rings. The summed E-state index contributed by atoms with van der Waals surface area (Å²) in [4.78, 5) is 53.3. The van der Waals surface area contributed by atoms with E-state index in [9.17, 15) is 24.4 Å². The number of thioether (sulfide) groups is 1. The summed E-state index contributed by atoms with van der Waals surface area (Å²) in [6.07, 6.45) is 4.98. The summed E-state index contributed by atoms with van der Waals surface area (Å²) in [6.45, 7) is 5.08. The topological polar surface area (TPSA) is 133 Å². The van der Waals surface area contributed by atoms with E-state index in [0.717, 1.165) is 18.2 Å². The first-order valence-corrected chi connectivity index (χ1v) is 13.9. The summed E-state index contributed by atoms with van der Waals surface area (Å²) in [6, 6.07) is 2.00. The van der Waals surface area contributed by atoms with Crippen LogP contribution in [0.15, 0.2) is 9.70 Å². The first kappa shape index (κ1) is 29.4. The van der Waals surface area contributed by atoms with Gasteiger partial charge in [0.1, 0.15) is 21.8 Å². The highest BCUT2D eigenvalue weighted by Gasteiger charge is 2.34. The fraction of sp³-hybridized carbons (Fsp3) is 0.538. The summed E-state index contributed by atoms with van der Waals surface area (Å²) >= 11 is 6.61. The Morgan fingerprint density at radius 3 is 2.68 bits per heavy atom. The normalized spacial score (nSPS) is 18.7. The van der Waals surface area contributed by atoms with E-state index in [-0.39, 0.29) is 36.4 Å². The minimum absolute atomic E-state index is 0.00430. The number of amides is 1.